The summed E-state index contributed by atoms with van der Waals surface area (Å²) < 4.78 is 46.8. The van der Waals surface area contributed by atoms with E-state index in [9.17, 15) is 12.8 Å². The smallest absolute Gasteiger partial charge is 0.268 e. The first-order valence-electron chi connectivity index (χ1n) is 8.91. The van der Waals surface area contributed by atoms with Crippen LogP contribution in [0, 0.1) is 5.82 Å². The molecule has 1 aliphatic rings. The van der Waals surface area contributed by atoms with Gasteiger partial charge in [-0.1, -0.05) is 6.07 Å². The van der Waals surface area contributed by atoms with Gasteiger partial charge in [0.1, 0.15) is 17.7 Å². The van der Waals surface area contributed by atoms with Crippen molar-refractivity contribution < 1.29 is 17.5 Å². The molecule has 5 nitrogen and oxygen atoms in total. The van der Waals surface area contributed by atoms with Gasteiger partial charge in [0.2, 0.25) is 0 Å². The summed E-state index contributed by atoms with van der Waals surface area (Å²) in [6.45, 7) is 1.93. The monoisotopic (exact) mass is 388 g/mol. The molecular formula is C20H21FN2O3S. The van der Waals surface area contributed by atoms with Crippen LogP contribution in [-0.2, 0) is 10.0 Å². The Morgan fingerprint density at radius 2 is 1.85 bits per heavy atom. The Hall–Kier alpha value is -2.38. The van der Waals surface area contributed by atoms with E-state index in [1.165, 1.54) is 28.4 Å². The standard InChI is InChI=1S/C20H21FN2O3S/c1-22-10-8-17(9-11-22)26-18-3-2-4-19(14-18)27(24,25)23-12-7-15-13-16(21)5-6-20(15)23/h2-7,12-14,17H,8-11H2,1H3. The average Bonchev–Trinajstić information content (AvgIpc) is 3.07. The Labute approximate surface area is 158 Å². The van der Waals surface area contributed by atoms with Crippen molar-refractivity contribution in [2.75, 3.05) is 20.1 Å². The summed E-state index contributed by atoms with van der Waals surface area (Å²) in [5, 5.41) is 0.539. The molecule has 1 saturated heterocycles. The Kier molecular flexibility index (Phi) is 4.65. The highest BCUT2D eigenvalue weighted by molar-refractivity contribution is 7.90. The van der Waals surface area contributed by atoms with Crippen LogP contribution in [0.3, 0.4) is 0 Å². The molecule has 0 spiro atoms. The van der Waals surface area contributed by atoms with E-state index in [0.29, 0.717) is 16.7 Å². The third-order valence-electron chi connectivity index (χ3n) is 4.95. The molecular weight excluding hydrogens is 367 g/mol. The summed E-state index contributed by atoms with van der Waals surface area (Å²) in [4.78, 5) is 2.40. The first kappa shape index (κ1) is 18.0. The number of ether oxygens (including phenoxy) is 1. The van der Waals surface area contributed by atoms with Crippen LogP contribution < -0.4 is 4.74 Å². The molecule has 3 aromatic rings. The normalized spacial score (nSPS) is 16.7. The second kappa shape index (κ2) is 6.98. The summed E-state index contributed by atoms with van der Waals surface area (Å²) in [5.41, 5.74) is 0.443. The van der Waals surface area contributed by atoms with E-state index in [2.05, 4.69) is 11.9 Å². The largest absolute Gasteiger partial charge is 0.490 e. The first-order valence-corrected chi connectivity index (χ1v) is 10.3. The van der Waals surface area contributed by atoms with Gasteiger partial charge in [0.25, 0.3) is 10.0 Å². The zero-order valence-corrected chi connectivity index (χ0v) is 15.8. The summed E-state index contributed by atoms with van der Waals surface area (Å²) in [7, 11) is -1.72. The van der Waals surface area contributed by atoms with E-state index >= 15 is 0 Å². The first-order chi connectivity index (χ1) is 12.9. The van der Waals surface area contributed by atoms with Crippen LogP contribution in [0.1, 0.15) is 12.8 Å². The molecule has 0 N–H and O–H groups in total. The molecule has 0 amide bonds. The van der Waals surface area contributed by atoms with Crippen LogP contribution in [-0.4, -0.2) is 43.5 Å². The van der Waals surface area contributed by atoms with Gasteiger partial charge >= 0.3 is 0 Å². The number of aromatic nitrogens is 1. The van der Waals surface area contributed by atoms with Crippen molar-refractivity contribution in [2.24, 2.45) is 0 Å². The summed E-state index contributed by atoms with van der Waals surface area (Å²) in [5.74, 6) is 0.152. The minimum absolute atomic E-state index is 0.0922. The molecule has 0 unspecified atom stereocenters. The quantitative estimate of drug-likeness (QED) is 0.687. The topological polar surface area (TPSA) is 51.5 Å². The van der Waals surface area contributed by atoms with E-state index in [0.717, 1.165) is 25.9 Å². The van der Waals surface area contributed by atoms with Crippen LogP contribution in [0.4, 0.5) is 4.39 Å². The highest BCUT2D eigenvalue weighted by atomic mass is 32.2. The van der Waals surface area contributed by atoms with Gasteiger partial charge in [0, 0.05) is 30.7 Å². The number of likely N-dealkylation sites (tertiary alicyclic amines) is 1. The molecule has 1 aromatic heterocycles. The zero-order valence-electron chi connectivity index (χ0n) is 15.0. The lowest BCUT2D eigenvalue weighted by molar-refractivity contribution is 0.114. The Morgan fingerprint density at radius 1 is 1.07 bits per heavy atom. The van der Waals surface area contributed by atoms with Gasteiger partial charge in [-0.3, -0.25) is 0 Å². The molecule has 0 bridgehead atoms. The van der Waals surface area contributed by atoms with Crippen LogP contribution in [0.2, 0.25) is 0 Å². The van der Waals surface area contributed by atoms with Crippen molar-refractivity contribution in [3.8, 4) is 5.75 Å². The number of halogens is 1. The van der Waals surface area contributed by atoms with E-state index in [1.807, 2.05) is 0 Å². The molecule has 1 fully saturated rings. The van der Waals surface area contributed by atoms with Gasteiger partial charge in [0.15, 0.2) is 0 Å². The molecule has 0 aliphatic carbocycles. The maximum atomic E-state index is 13.4. The maximum absolute atomic E-state index is 13.4. The summed E-state index contributed by atoms with van der Waals surface area (Å²) >= 11 is 0. The molecule has 2 aromatic carbocycles. The number of nitrogens with zero attached hydrogens (tertiary/aromatic N) is 2. The SMILES string of the molecule is CN1CCC(Oc2cccc(S(=O)(=O)n3ccc4cc(F)ccc43)c2)CC1. The van der Waals surface area contributed by atoms with Crippen LogP contribution >= 0.6 is 0 Å². The van der Waals surface area contributed by atoms with Crippen LogP contribution in [0.25, 0.3) is 10.9 Å². The highest BCUT2D eigenvalue weighted by Gasteiger charge is 2.22. The Bertz CT molecular complexity index is 1070. The van der Waals surface area contributed by atoms with E-state index < -0.39 is 15.8 Å². The fraction of sp³-hybridized carbons (Fsp3) is 0.300. The molecule has 4 rings (SSSR count). The highest BCUT2D eigenvalue weighted by Crippen LogP contribution is 2.26. The number of fused-ring (bicyclic) bond motifs is 1. The average molecular weight is 388 g/mol. The molecule has 27 heavy (non-hydrogen) atoms. The van der Waals surface area contributed by atoms with Gasteiger partial charge in [0.05, 0.1) is 10.4 Å². The summed E-state index contributed by atoms with van der Waals surface area (Å²) in [6, 6.07) is 12.2. The second-order valence-electron chi connectivity index (χ2n) is 6.92. The lowest BCUT2D eigenvalue weighted by Crippen LogP contribution is -2.35. The molecule has 1 aliphatic heterocycles. The van der Waals surface area contributed by atoms with E-state index in [4.69, 9.17) is 4.74 Å². The third-order valence-corrected chi connectivity index (χ3v) is 6.63. The van der Waals surface area contributed by atoms with Crippen LogP contribution in [0.5, 0.6) is 5.75 Å². The predicted octanol–water partition coefficient (Wildman–Crippen LogP) is 3.49. The minimum Gasteiger partial charge on any atom is -0.490 e. The number of piperidine rings is 1. The van der Waals surface area contributed by atoms with Gasteiger partial charge in [-0.05, 0) is 56.3 Å². The zero-order chi connectivity index (χ0) is 19.0. The molecule has 142 valence electrons. The van der Waals surface area contributed by atoms with Gasteiger partial charge < -0.3 is 9.64 Å². The predicted molar refractivity (Wildman–Crippen MR) is 102 cm³/mol. The molecule has 0 atom stereocenters. The maximum Gasteiger partial charge on any atom is 0.268 e. The number of rotatable bonds is 4. The third kappa shape index (κ3) is 3.57. The van der Waals surface area contributed by atoms with Crippen molar-refractivity contribution in [3.05, 3.63) is 60.5 Å². The lowest BCUT2D eigenvalue weighted by atomic mass is 10.1. The Balaban J connectivity index is 1.64. The van der Waals surface area contributed by atoms with Crippen molar-refractivity contribution in [1.29, 1.82) is 0 Å². The lowest BCUT2D eigenvalue weighted by Gasteiger charge is -2.29. The van der Waals surface area contributed by atoms with Crippen molar-refractivity contribution in [1.82, 2.24) is 8.87 Å². The van der Waals surface area contributed by atoms with Gasteiger partial charge in [-0.2, -0.15) is 0 Å². The van der Waals surface area contributed by atoms with Crippen LogP contribution in [0.15, 0.2) is 59.6 Å². The minimum atomic E-state index is -3.80. The van der Waals surface area contributed by atoms with Gasteiger partial charge in [-0.25, -0.2) is 16.8 Å². The molecule has 7 heteroatoms. The fourth-order valence-electron chi connectivity index (χ4n) is 3.41. The van der Waals surface area contributed by atoms with E-state index in [1.54, 1.807) is 30.3 Å². The van der Waals surface area contributed by atoms with E-state index in [-0.39, 0.29) is 11.0 Å². The van der Waals surface area contributed by atoms with Crippen molar-refractivity contribution in [2.45, 2.75) is 23.8 Å². The molecule has 0 saturated carbocycles. The fourth-order valence-corrected chi connectivity index (χ4v) is 4.80. The summed E-state index contributed by atoms with van der Waals surface area (Å²) in [6.07, 6.45) is 3.38. The molecule has 2 heterocycles. The Morgan fingerprint density at radius 3 is 2.63 bits per heavy atom. The van der Waals surface area contributed by atoms with Crippen molar-refractivity contribution >= 4 is 20.9 Å². The number of hydrogen-bond acceptors (Lipinski definition) is 4. The van der Waals surface area contributed by atoms with Crippen molar-refractivity contribution in [3.63, 3.8) is 0 Å². The second-order valence-corrected chi connectivity index (χ2v) is 8.73. The number of hydrogen-bond donors (Lipinski definition) is 0. The molecule has 0 radical (unpaired) electrons. The van der Waals surface area contributed by atoms with Gasteiger partial charge in [-0.15, -0.1) is 0 Å². The number of benzene rings is 2.